The van der Waals surface area contributed by atoms with E-state index in [2.05, 4.69) is 5.32 Å². The van der Waals surface area contributed by atoms with Crippen molar-refractivity contribution in [3.63, 3.8) is 0 Å². The van der Waals surface area contributed by atoms with Crippen LogP contribution in [0.1, 0.15) is 55.8 Å². The smallest absolute Gasteiger partial charge is 0.261 e. The Bertz CT molecular complexity index is 973. The maximum atomic E-state index is 14.1. The van der Waals surface area contributed by atoms with Gasteiger partial charge >= 0.3 is 0 Å². The Morgan fingerprint density at radius 1 is 1.19 bits per heavy atom. The Hall–Kier alpha value is -2.89. The summed E-state index contributed by atoms with van der Waals surface area (Å²) in [6, 6.07) is 11.9. The highest BCUT2D eigenvalue weighted by Gasteiger charge is 2.39. The van der Waals surface area contributed by atoms with E-state index >= 15 is 0 Å². The predicted molar refractivity (Wildman–Crippen MR) is 116 cm³/mol. The van der Waals surface area contributed by atoms with Crippen LogP contribution >= 0.6 is 0 Å². The van der Waals surface area contributed by atoms with Gasteiger partial charge in [-0.1, -0.05) is 25.1 Å². The van der Waals surface area contributed by atoms with Crippen molar-refractivity contribution in [3.8, 4) is 5.75 Å². The lowest BCUT2D eigenvalue weighted by atomic mass is 9.87. The summed E-state index contributed by atoms with van der Waals surface area (Å²) in [4.78, 5) is 27.2. The van der Waals surface area contributed by atoms with Crippen LogP contribution in [0.3, 0.4) is 0 Å². The van der Waals surface area contributed by atoms with Crippen LogP contribution in [0.5, 0.6) is 5.75 Å². The Kier molecular flexibility index (Phi) is 6.25. The number of rotatable bonds is 7. The first-order valence-electron chi connectivity index (χ1n) is 11.1. The maximum Gasteiger partial charge on any atom is 0.261 e. The molecule has 0 spiro atoms. The minimum Gasteiger partial charge on any atom is -0.481 e. The minimum absolute atomic E-state index is 0.0826. The first kappa shape index (κ1) is 21.3. The van der Waals surface area contributed by atoms with Crippen LogP contribution < -0.4 is 10.1 Å². The number of carbonyl (C=O) groups is 2. The van der Waals surface area contributed by atoms with Crippen LogP contribution in [-0.2, 0) is 16.0 Å². The van der Waals surface area contributed by atoms with Gasteiger partial charge < -0.3 is 15.0 Å². The second-order valence-electron chi connectivity index (χ2n) is 8.28. The number of ether oxygens (including phenoxy) is 1. The standard InChI is InChI=1S/C25H29FN2O3/c1-3-22(24(29)27-4-2)31-20-11-10-16-12-13-28(25(30)17-8-9-17)23(21(16)15-20)18-6-5-7-19(26)14-18/h5-7,10-11,14-15,17,22-23H,3-4,8-9,12-13H2,1-2H3,(H,27,29)/t22-,23+/m1/s1. The lowest BCUT2D eigenvalue weighted by molar-refractivity contribution is -0.134. The fourth-order valence-corrected chi connectivity index (χ4v) is 4.28. The molecule has 2 aliphatic rings. The Morgan fingerprint density at radius 2 is 2.00 bits per heavy atom. The number of halogens is 1. The Labute approximate surface area is 182 Å². The number of fused-ring (bicyclic) bond motifs is 1. The van der Waals surface area contributed by atoms with E-state index in [4.69, 9.17) is 4.74 Å². The van der Waals surface area contributed by atoms with Gasteiger partial charge in [0.05, 0.1) is 6.04 Å². The molecule has 1 heterocycles. The molecule has 1 aliphatic heterocycles. The molecule has 164 valence electrons. The number of nitrogens with one attached hydrogen (secondary N) is 1. The zero-order valence-electron chi connectivity index (χ0n) is 18.1. The number of benzene rings is 2. The average Bonchev–Trinajstić information content (AvgIpc) is 3.61. The molecule has 2 aromatic rings. The van der Waals surface area contributed by atoms with Crippen LogP contribution in [0.25, 0.3) is 0 Å². The van der Waals surface area contributed by atoms with Gasteiger partial charge in [-0.2, -0.15) is 0 Å². The molecule has 4 rings (SSSR count). The van der Waals surface area contributed by atoms with Crippen molar-refractivity contribution in [2.75, 3.05) is 13.1 Å². The molecule has 2 amide bonds. The highest BCUT2D eigenvalue weighted by Crippen LogP contribution is 2.41. The molecule has 2 atom stereocenters. The Morgan fingerprint density at radius 3 is 2.68 bits per heavy atom. The molecule has 1 saturated carbocycles. The fraction of sp³-hybridized carbons (Fsp3) is 0.440. The number of hydrogen-bond donors (Lipinski definition) is 1. The normalized spacial score (nSPS) is 18.8. The number of carbonyl (C=O) groups excluding carboxylic acids is 2. The van der Waals surface area contributed by atoms with E-state index in [0.717, 1.165) is 36.0 Å². The maximum absolute atomic E-state index is 14.1. The zero-order chi connectivity index (χ0) is 22.0. The van der Waals surface area contributed by atoms with E-state index in [1.165, 1.54) is 12.1 Å². The second kappa shape index (κ2) is 9.08. The molecular formula is C25H29FN2O3. The van der Waals surface area contributed by atoms with Crippen LogP contribution in [0.15, 0.2) is 42.5 Å². The van der Waals surface area contributed by atoms with Crippen LogP contribution in [0, 0.1) is 11.7 Å². The lowest BCUT2D eigenvalue weighted by Gasteiger charge is -2.38. The molecule has 0 saturated heterocycles. The van der Waals surface area contributed by atoms with Crippen molar-refractivity contribution >= 4 is 11.8 Å². The van der Waals surface area contributed by atoms with E-state index in [9.17, 15) is 14.0 Å². The molecule has 2 aromatic carbocycles. The summed E-state index contributed by atoms with van der Waals surface area (Å²) < 4.78 is 20.1. The lowest BCUT2D eigenvalue weighted by Crippen LogP contribution is -2.41. The van der Waals surface area contributed by atoms with E-state index in [0.29, 0.717) is 25.3 Å². The first-order valence-corrected chi connectivity index (χ1v) is 11.1. The third-order valence-electron chi connectivity index (χ3n) is 6.01. The number of hydrogen-bond acceptors (Lipinski definition) is 3. The molecule has 1 fully saturated rings. The minimum atomic E-state index is -0.585. The average molecular weight is 425 g/mol. The van der Waals surface area contributed by atoms with Gasteiger partial charge in [-0.05, 0) is 73.6 Å². The molecule has 0 bridgehead atoms. The zero-order valence-corrected chi connectivity index (χ0v) is 18.1. The summed E-state index contributed by atoms with van der Waals surface area (Å²) in [6.07, 6.45) is 2.55. The number of amides is 2. The second-order valence-corrected chi connectivity index (χ2v) is 8.28. The molecule has 0 aromatic heterocycles. The van der Waals surface area contributed by atoms with Crippen LogP contribution in [0.4, 0.5) is 4.39 Å². The SMILES string of the molecule is CCNC(=O)[C@@H](CC)Oc1ccc2c(c1)[C@H](c1cccc(F)c1)N(C(=O)C1CC1)CC2. The first-order chi connectivity index (χ1) is 15.0. The molecule has 0 unspecified atom stereocenters. The predicted octanol–water partition coefficient (Wildman–Crippen LogP) is 4.00. The largest absolute Gasteiger partial charge is 0.481 e. The van der Waals surface area contributed by atoms with E-state index < -0.39 is 6.10 Å². The summed E-state index contributed by atoms with van der Waals surface area (Å²) in [5.41, 5.74) is 2.81. The third-order valence-corrected chi connectivity index (χ3v) is 6.01. The van der Waals surface area contributed by atoms with Gasteiger partial charge in [0.15, 0.2) is 6.10 Å². The van der Waals surface area contributed by atoms with Crippen molar-refractivity contribution in [1.29, 1.82) is 0 Å². The quantitative estimate of drug-likeness (QED) is 0.731. The highest BCUT2D eigenvalue weighted by atomic mass is 19.1. The fourth-order valence-electron chi connectivity index (χ4n) is 4.28. The van der Waals surface area contributed by atoms with Gasteiger partial charge in [0.25, 0.3) is 5.91 Å². The topological polar surface area (TPSA) is 58.6 Å². The van der Waals surface area contributed by atoms with Gasteiger partial charge in [0, 0.05) is 19.0 Å². The monoisotopic (exact) mass is 424 g/mol. The third kappa shape index (κ3) is 4.58. The van der Waals surface area contributed by atoms with Crippen molar-refractivity contribution in [2.24, 2.45) is 5.92 Å². The van der Waals surface area contributed by atoms with Gasteiger partial charge in [-0.15, -0.1) is 0 Å². The van der Waals surface area contributed by atoms with Gasteiger partial charge in [0.2, 0.25) is 5.91 Å². The van der Waals surface area contributed by atoms with E-state index in [1.807, 2.05) is 43.0 Å². The molecule has 1 N–H and O–H groups in total. The van der Waals surface area contributed by atoms with Gasteiger partial charge in [0.1, 0.15) is 11.6 Å². The molecule has 6 heteroatoms. The highest BCUT2D eigenvalue weighted by molar-refractivity contribution is 5.82. The summed E-state index contributed by atoms with van der Waals surface area (Å²) >= 11 is 0. The van der Waals surface area contributed by atoms with E-state index in [1.54, 1.807) is 6.07 Å². The molecule has 1 aliphatic carbocycles. The van der Waals surface area contributed by atoms with Crippen molar-refractivity contribution in [1.82, 2.24) is 10.2 Å². The summed E-state index contributed by atoms with van der Waals surface area (Å²) in [5.74, 6) is 0.339. The van der Waals surface area contributed by atoms with Gasteiger partial charge in [-0.25, -0.2) is 4.39 Å². The molecule has 31 heavy (non-hydrogen) atoms. The van der Waals surface area contributed by atoms with Crippen molar-refractivity contribution < 1.29 is 18.7 Å². The number of nitrogens with zero attached hydrogens (tertiary/aromatic N) is 1. The van der Waals surface area contributed by atoms with E-state index in [-0.39, 0.29) is 29.6 Å². The van der Waals surface area contributed by atoms with Gasteiger partial charge in [-0.3, -0.25) is 9.59 Å². The molecular weight excluding hydrogens is 395 g/mol. The summed E-state index contributed by atoms with van der Waals surface area (Å²) in [7, 11) is 0. The molecule has 5 nitrogen and oxygen atoms in total. The van der Waals surface area contributed by atoms with Crippen molar-refractivity contribution in [2.45, 2.75) is 51.7 Å². The number of likely N-dealkylation sites (N-methyl/N-ethyl adjacent to an activating group) is 1. The van der Waals surface area contributed by atoms with Crippen molar-refractivity contribution in [3.05, 3.63) is 65.0 Å². The summed E-state index contributed by atoms with van der Waals surface area (Å²) in [5, 5.41) is 2.80. The van der Waals surface area contributed by atoms with Crippen LogP contribution in [-0.4, -0.2) is 35.9 Å². The Balaban J connectivity index is 1.70. The molecule has 0 radical (unpaired) electrons. The summed E-state index contributed by atoms with van der Waals surface area (Å²) in [6.45, 7) is 4.94. The van der Waals surface area contributed by atoms with Crippen LogP contribution in [0.2, 0.25) is 0 Å².